The van der Waals surface area contributed by atoms with Crippen LogP contribution in [0.25, 0.3) is 0 Å². The highest BCUT2D eigenvalue weighted by atomic mass is 19.1. The van der Waals surface area contributed by atoms with E-state index in [1.54, 1.807) is 6.20 Å². The maximum absolute atomic E-state index is 15.3. The molecule has 0 bridgehead atoms. The summed E-state index contributed by atoms with van der Waals surface area (Å²) in [6.45, 7) is 4.92. The number of nitrogens with two attached hydrogens (primary N) is 1. The van der Waals surface area contributed by atoms with Gasteiger partial charge in [0.25, 0.3) is 17.7 Å². The zero-order valence-electron chi connectivity index (χ0n) is 23.4. The second-order valence-corrected chi connectivity index (χ2v) is 12.2. The van der Waals surface area contributed by atoms with Gasteiger partial charge in [-0.1, -0.05) is 0 Å². The van der Waals surface area contributed by atoms with E-state index in [2.05, 4.69) is 25.1 Å². The highest BCUT2D eigenvalue weighted by Crippen LogP contribution is 2.43. The predicted octanol–water partition coefficient (Wildman–Crippen LogP) is 0.297. The third-order valence-corrected chi connectivity index (χ3v) is 9.56. The van der Waals surface area contributed by atoms with Crippen LogP contribution in [0.1, 0.15) is 63.3 Å². The minimum atomic E-state index is -1.09. The molecule has 13 nitrogen and oxygen atoms in total. The van der Waals surface area contributed by atoms with Crippen LogP contribution in [0.3, 0.4) is 0 Å². The van der Waals surface area contributed by atoms with E-state index in [9.17, 15) is 24.0 Å². The Morgan fingerprint density at radius 3 is 2.30 bits per heavy atom. The minimum Gasteiger partial charge on any atom is -0.369 e. The van der Waals surface area contributed by atoms with Gasteiger partial charge < -0.3 is 15.5 Å². The second kappa shape index (κ2) is 10.1. The van der Waals surface area contributed by atoms with E-state index in [4.69, 9.17) is 5.73 Å². The number of nitrogens with one attached hydrogen (secondary N) is 1. The zero-order valence-corrected chi connectivity index (χ0v) is 23.4. The lowest BCUT2D eigenvalue weighted by molar-refractivity contribution is -0.136. The van der Waals surface area contributed by atoms with Gasteiger partial charge in [0.1, 0.15) is 23.4 Å². The van der Waals surface area contributed by atoms with Crippen molar-refractivity contribution >= 4 is 41.0 Å². The first-order valence-corrected chi connectivity index (χ1v) is 14.5. The molecule has 0 saturated carbocycles. The molecule has 5 aliphatic heterocycles. The molecule has 4 fully saturated rings. The molecule has 5 aliphatic rings. The van der Waals surface area contributed by atoms with E-state index in [0.29, 0.717) is 19.1 Å². The first kappa shape index (κ1) is 27.4. The van der Waals surface area contributed by atoms with Crippen LogP contribution in [0.2, 0.25) is 0 Å². The molecule has 1 atom stereocenters. The summed E-state index contributed by atoms with van der Waals surface area (Å²) < 4.78 is 15.3. The fourth-order valence-corrected chi connectivity index (χ4v) is 7.27. The number of hydrogen-bond donors (Lipinski definition) is 2. The highest BCUT2D eigenvalue weighted by Gasteiger charge is 2.50. The number of piperidine rings is 2. The number of carbonyl (C=O) groups is 5. The quantitative estimate of drug-likeness (QED) is 0.463. The lowest BCUT2D eigenvalue weighted by Gasteiger charge is -2.49. The topological polar surface area (TPSA) is 162 Å². The molecule has 2 aromatic rings. The molecule has 1 spiro atoms. The first-order chi connectivity index (χ1) is 20.6. The van der Waals surface area contributed by atoms with Crippen LogP contribution in [0.4, 0.5) is 15.9 Å². The molecule has 4 saturated heterocycles. The molecule has 5 amide bonds. The maximum Gasteiger partial charge on any atom is 0.268 e. The average Bonchev–Trinajstić information content (AvgIpc) is 3.52. The smallest absolute Gasteiger partial charge is 0.268 e. The Labute approximate surface area is 246 Å². The number of anilines is 2. The van der Waals surface area contributed by atoms with Gasteiger partial charge in [-0.25, -0.2) is 14.4 Å². The molecular formula is C29H31FN8O5. The van der Waals surface area contributed by atoms with Gasteiger partial charge in [0.15, 0.2) is 0 Å². The van der Waals surface area contributed by atoms with Crippen molar-refractivity contribution < 1.29 is 28.4 Å². The Bertz CT molecular complexity index is 1550. The fraction of sp³-hybridized carbons (Fsp3) is 0.483. The SMILES string of the molecule is NC(=O)c1cnc(N2CC3(CCN(C4CCN(c5cc6c(cc5F)C(=O)N(C5CCC(=O)NC5=O)C6=O)CC4)C3)C2)cn1. The number of benzene rings is 1. The Hall–Kier alpha value is -4.46. The molecular weight excluding hydrogens is 559 g/mol. The van der Waals surface area contributed by atoms with Crippen molar-refractivity contribution in [2.24, 2.45) is 11.1 Å². The third-order valence-electron chi connectivity index (χ3n) is 9.56. The average molecular weight is 591 g/mol. The summed E-state index contributed by atoms with van der Waals surface area (Å²) in [5.74, 6) is -2.95. The summed E-state index contributed by atoms with van der Waals surface area (Å²) >= 11 is 0. The Morgan fingerprint density at radius 2 is 1.65 bits per heavy atom. The molecule has 224 valence electrons. The van der Waals surface area contributed by atoms with E-state index >= 15 is 4.39 Å². The molecule has 6 heterocycles. The molecule has 1 unspecified atom stereocenters. The fourth-order valence-electron chi connectivity index (χ4n) is 7.27. The van der Waals surface area contributed by atoms with Crippen LogP contribution in [0.15, 0.2) is 24.5 Å². The second-order valence-electron chi connectivity index (χ2n) is 12.2. The molecule has 1 aromatic carbocycles. The summed E-state index contributed by atoms with van der Waals surface area (Å²) in [7, 11) is 0. The summed E-state index contributed by atoms with van der Waals surface area (Å²) in [5.41, 5.74) is 5.89. The van der Waals surface area contributed by atoms with Crippen LogP contribution < -0.4 is 20.9 Å². The Morgan fingerprint density at radius 1 is 0.930 bits per heavy atom. The van der Waals surface area contributed by atoms with Crippen LogP contribution in [-0.4, -0.2) is 101 Å². The summed E-state index contributed by atoms with van der Waals surface area (Å²) in [6.07, 6.45) is 5.82. The number of primary amides is 1. The molecule has 43 heavy (non-hydrogen) atoms. The van der Waals surface area contributed by atoms with Crippen molar-refractivity contribution in [3.63, 3.8) is 0 Å². The summed E-state index contributed by atoms with van der Waals surface area (Å²) in [6, 6.07) is 1.81. The number of hydrogen-bond acceptors (Lipinski definition) is 10. The number of fused-ring (bicyclic) bond motifs is 1. The molecule has 0 radical (unpaired) electrons. The molecule has 0 aliphatic carbocycles. The molecule has 7 rings (SSSR count). The predicted molar refractivity (Wildman–Crippen MR) is 150 cm³/mol. The lowest BCUT2D eigenvalue weighted by Crippen LogP contribution is -2.58. The summed E-state index contributed by atoms with van der Waals surface area (Å²) in [5, 5.41) is 2.17. The number of halogens is 1. The van der Waals surface area contributed by atoms with Crippen LogP contribution >= 0.6 is 0 Å². The van der Waals surface area contributed by atoms with Gasteiger partial charge >= 0.3 is 0 Å². The van der Waals surface area contributed by atoms with Crippen molar-refractivity contribution in [2.75, 3.05) is 49.1 Å². The van der Waals surface area contributed by atoms with Gasteiger partial charge in [0.2, 0.25) is 11.8 Å². The summed E-state index contributed by atoms with van der Waals surface area (Å²) in [4.78, 5) is 77.3. The van der Waals surface area contributed by atoms with Gasteiger partial charge in [-0.2, -0.15) is 0 Å². The van der Waals surface area contributed by atoms with Crippen molar-refractivity contribution in [1.82, 2.24) is 25.1 Å². The normalized spacial score (nSPS) is 24.0. The van der Waals surface area contributed by atoms with E-state index in [-0.39, 0.29) is 40.8 Å². The van der Waals surface area contributed by atoms with Crippen LogP contribution in [0.5, 0.6) is 0 Å². The van der Waals surface area contributed by atoms with Gasteiger partial charge in [-0.05, 0) is 44.4 Å². The van der Waals surface area contributed by atoms with E-state index in [1.807, 2.05) is 4.90 Å². The monoisotopic (exact) mass is 590 g/mol. The highest BCUT2D eigenvalue weighted by molar-refractivity contribution is 6.23. The van der Waals surface area contributed by atoms with E-state index in [0.717, 1.165) is 62.2 Å². The first-order valence-electron chi connectivity index (χ1n) is 14.5. The lowest BCUT2D eigenvalue weighted by atomic mass is 9.79. The van der Waals surface area contributed by atoms with Crippen molar-refractivity contribution in [3.8, 4) is 0 Å². The number of aromatic nitrogens is 2. The number of carbonyl (C=O) groups excluding carboxylic acids is 5. The number of imide groups is 2. The number of likely N-dealkylation sites (tertiary alicyclic amines) is 1. The van der Waals surface area contributed by atoms with Crippen molar-refractivity contribution in [2.45, 2.75) is 44.2 Å². The number of amides is 5. The van der Waals surface area contributed by atoms with Gasteiger partial charge in [-0.15, -0.1) is 0 Å². The van der Waals surface area contributed by atoms with Gasteiger partial charge in [0, 0.05) is 50.6 Å². The van der Waals surface area contributed by atoms with Crippen LogP contribution in [0, 0.1) is 11.2 Å². The number of nitrogens with zero attached hydrogens (tertiary/aromatic N) is 6. The maximum atomic E-state index is 15.3. The molecule has 14 heteroatoms. The Balaban J connectivity index is 0.967. The van der Waals surface area contributed by atoms with E-state index < -0.39 is 41.4 Å². The van der Waals surface area contributed by atoms with Crippen molar-refractivity contribution in [3.05, 3.63) is 47.2 Å². The van der Waals surface area contributed by atoms with Gasteiger partial charge in [-0.3, -0.25) is 39.1 Å². The number of rotatable bonds is 5. The molecule has 3 N–H and O–H groups in total. The van der Waals surface area contributed by atoms with Gasteiger partial charge in [0.05, 0.1) is 29.2 Å². The Kier molecular flexibility index (Phi) is 6.41. The third kappa shape index (κ3) is 4.60. The largest absolute Gasteiger partial charge is 0.369 e. The van der Waals surface area contributed by atoms with Crippen molar-refractivity contribution in [1.29, 1.82) is 0 Å². The minimum absolute atomic E-state index is 0.0235. The zero-order chi connectivity index (χ0) is 30.0. The standard InChI is InChI=1S/C29H31FN8O5/c30-19-9-17-18(28(43)38(27(17)42)21-1-2-24(39)34-26(21)41)10-22(19)35-6-3-16(4-7-35)36-8-5-29(13-36)14-37(15-29)23-12-32-20(11-33-23)25(31)40/h9-12,16,21H,1-8,13-15H2,(H2,31,40)(H,34,39,41). The van der Waals surface area contributed by atoms with E-state index in [1.165, 1.54) is 12.3 Å². The molecule has 1 aromatic heterocycles. The van der Waals surface area contributed by atoms with Crippen LogP contribution in [-0.2, 0) is 9.59 Å².